The second-order valence-corrected chi connectivity index (χ2v) is 6.00. The van der Waals surface area contributed by atoms with Crippen LogP contribution in [0.3, 0.4) is 0 Å². The average Bonchev–Trinajstić information content (AvgIpc) is 2.43. The van der Waals surface area contributed by atoms with Crippen molar-refractivity contribution >= 4 is 5.69 Å². The summed E-state index contributed by atoms with van der Waals surface area (Å²) in [5.74, 6) is 0.473. The van der Waals surface area contributed by atoms with Gasteiger partial charge in [-0.25, -0.2) is 4.39 Å². The van der Waals surface area contributed by atoms with Crippen LogP contribution in [0, 0.1) is 11.7 Å². The van der Waals surface area contributed by atoms with E-state index in [1.807, 2.05) is 13.1 Å². The van der Waals surface area contributed by atoms with Crippen molar-refractivity contribution in [2.24, 2.45) is 5.92 Å². The SMILES string of the molecule is COCCNCc1c(F)cccc1N(C)C(C)CC(C)C. The normalized spacial score (nSPS) is 12.7. The summed E-state index contributed by atoms with van der Waals surface area (Å²) in [6.07, 6.45) is 1.09. The monoisotopic (exact) mass is 296 g/mol. The van der Waals surface area contributed by atoms with Gasteiger partial charge in [0.15, 0.2) is 0 Å². The number of benzene rings is 1. The molecular weight excluding hydrogens is 267 g/mol. The fourth-order valence-electron chi connectivity index (χ4n) is 2.52. The number of methoxy groups -OCH3 is 1. The predicted octanol–water partition coefficient (Wildman–Crippen LogP) is 3.43. The number of anilines is 1. The van der Waals surface area contributed by atoms with E-state index in [0.717, 1.165) is 24.2 Å². The molecule has 3 nitrogen and oxygen atoms in total. The molecule has 1 rings (SSSR count). The molecule has 120 valence electrons. The van der Waals surface area contributed by atoms with Gasteiger partial charge in [-0.2, -0.15) is 0 Å². The lowest BCUT2D eigenvalue weighted by Crippen LogP contribution is -2.32. The minimum atomic E-state index is -0.152. The quantitative estimate of drug-likeness (QED) is 0.707. The first-order valence-electron chi connectivity index (χ1n) is 7.67. The molecule has 21 heavy (non-hydrogen) atoms. The van der Waals surface area contributed by atoms with Crippen molar-refractivity contribution in [2.75, 3.05) is 32.2 Å². The first-order chi connectivity index (χ1) is 9.97. The Hall–Kier alpha value is -1.13. The number of nitrogens with zero attached hydrogens (tertiary/aromatic N) is 1. The Morgan fingerprint density at radius 1 is 1.29 bits per heavy atom. The van der Waals surface area contributed by atoms with Crippen molar-refractivity contribution in [1.29, 1.82) is 0 Å². The summed E-state index contributed by atoms with van der Waals surface area (Å²) in [4.78, 5) is 2.18. The number of halogens is 1. The van der Waals surface area contributed by atoms with Crippen LogP contribution in [0.15, 0.2) is 18.2 Å². The lowest BCUT2D eigenvalue weighted by molar-refractivity contribution is 0.199. The first kappa shape index (κ1) is 17.9. The van der Waals surface area contributed by atoms with E-state index in [1.54, 1.807) is 13.2 Å². The molecule has 1 aromatic rings. The van der Waals surface area contributed by atoms with Crippen molar-refractivity contribution in [3.63, 3.8) is 0 Å². The molecule has 0 saturated heterocycles. The summed E-state index contributed by atoms with van der Waals surface area (Å²) in [7, 11) is 3.71. The molecule has 0 spiro atoms. The van der Waals surface area contributed by atoms with Gasteiger partial charge in [-0.1, -0.05) is 19.9 Å². The van der Waals surface area contributed by atoms with Crippen LogP contribution in [-0.2, 0) is 11.3 Å². The van der Waals surface area contributed by atoms with Gasteiger partial charge in [-0.3, -0.25) is 0 Å². The molecule has 0 aliphatic heterocycles. The zero-order valence-corrected chi connectivity index (χ0v) is 13.9. The summed E-state index contributed by atoms with van der Waals surface area (Å²) in [5, 5.41) is 3.23. The lowest BCUT2D eigenvalue weighted by atomic mass is 10.0. The van der Waals surface area contributed by atoms with Crippen LogP contribution < -0.4 is 10.2 Å². The maximum Gasteiger partial charge on any atom is 0.129 e. The number of hydrogen-bond acceptors (Lipinski definition) is 3. The van der Waals surface area contributed by atoms with Gasteiger partial charge < -0.3 is 15.0 Å². The van der Waals surface area contributed by atoms with Crippen LogP contribution in [0.2, 0.25) is 0 Å². The third kappa shape index (κ3) is 5.64. The number of rotatable bonds is 9. The van der Waals surface area contributed by atoms with Crippen LogP contribution in [0.25, 0.3) is 0 Å². The Labute approximate surface area is 128 Å². The summed E-state index contributed by atoms with van der Waals surface area (Å²) in [6, 6.07) is 5.68. The first-order valence-corrected chi connectivity index (χ1v) is 7.67. The molecule has 1 aromatic carbocycles. The Morgan fingerprint density at radius 2 is 2.00 bits per heavy atom. The van der Waals surface area contributed by atoms with Gasteiger partial charge >= 0.3 is 0 Å². The maximum atomic E-state index is 14.1. The van der Waals surface area contributed by atoms with Gasteiger partial charge in [0.25, 0.3) is 0 Å². The minimum Gasteiger partial charge on any atom is -0.383 e. The summed E-state index contributed by atoms with van der Waals surface area (Å²) in [6.45, 7) is 8.47. The smallest absolute Gasteiger partial charge is 0.129 e. The number of hydrogen-bond donors (Lipinski definition) is 1. The van der Waals surface area contributed by atoms with Gasteiger partial charge in [-0.15, -0.1) is 0 Å². The van der Waals surface area contributed by atoms with E-state index in [9.17, 15) is 4.39 Å². The molecular formula is C17H29FN2O. The van der Waals surface area contributed by atoms with Gasteiger partial charge in [0, 0.05) is 44.5 Å². The molecule has 4 heteroatoms. The molecule has 1 N–H and O–H groups in total. The summed E-state index contributed by atoms with van der Waals surface area (Å²) in [5.41, 5.74) is 1.69. The fraction of sp³-hybridized carbons (Fsp3) is 0.647. The van der Waals surface area contributed by atoms with E-state index >= 15 is 0 Å². The van der Waals surface area contributed by atoms with Crippen LogP contribution in [0.5, 0.6) is 0 Å². The summed E-state index contributed by atoms with van der Waals surface area (Å²) >= 11 is 0. The molecule has 0 amide bonds. The van der Waals surface area contributed by atoms with E-state index in [1.165, 1.54) is 6.07 Å². The molecule has 0 radical (unpaired) electrons. The molecule has 0 saturated carbocycles. The Bertz CT molecular complexity index is 423. The highest BCUT2D eigenvalue weighted by molar-refractivity contribution is 5.54. The molecule has 1 atom stereocenters. The Morgan fingerprint density at radius 3 is 2.62 bits per heavy atom. The van der Waals surface area contributed by atoms with Crippen molar-refractivity contribution in [3.8, 4) is 0 Å². The highest BCUT2D eigenvalue weighted by Crippen LogP contribution is 2.25. The second kappa shape index (κ2) is 9.00. The molecule has 0 heterocycles. The van der Waals surface area contributed by atoms with Crippen LogP contribution in [0.4, 0.5) is 10.1 Å². The van der Waals surface area contributed by atoms with E-state index in [0.29, 0.717) is 25.1 Å². The van der Waals surface area contributed by atoms with Crippen molar-refractivity contribution in [2.45, 2.75) is 39.8 Å². The summed E-state index contributed by atoms with van der Waals surface area (Å²) < 4.78 is 19.2. The Balaban J connectivity index is 2.82. The fourth-order valence-corrected chi connectivity index (χ4v) is 2.52. The van der Waals surface area contributed by atoms with Crippen molar-refractivity contribution in [3.05, 3.63) is 29.6 Å². The van der Waals surface area contributed by atoms with E-state index in [4.69, 9.17) is 4.74 Å². The minimum absolute atomic E-state index is 0.152. The number of nitrogens with one attached hydrogen (secondary N) is 1. The van der Waals surface area contributed by atoms with E-state index in [2.05, 4.69) is 31.0 Å². The van der Waals surface area contributed by atoms with Crippen LogP contribution in [0.1, 0.15) is 32.8 Å². The van der Waals surface area contributed by atoms with E-state index in [-0.39, 0.29) is 5.82 Å². The van der Waals surface area contributed by atoms with Crippen molar-refractivity contribution < 1.29 is 9.13 Å². The third-order valence-electron chi connectivity index (χ3n) is 3.73. The van der Waals surface area contributed by atoms with Gasteiger partial charge in [0.2, 0.25) is 0 Å². The third-order valence-corrected chi connectivity index (χ3v) is 3.73. The second-order valence-electron chi connectivity index (χ2n) is 6.00. The molecule has 0 aliphatic carbocycles. The molecule has 0 bridgehead atoms. The standard InChI is InChI=1S/C17H29FN2O/c1-13(2)11-14(3)20(4)17-8-6-7-16(18)15(17)12-19-9-10-21-5/h6-8,13-14,19H,9-12H2,1-5H3. The zero-order valence-electron chi connectivity index (χ0n) is 13.9. The lowest BCUT2D eigenvalue weighted by Gasteiger charge is -2.30. The van der Waals surface area contributed by atoms with Crippen LogP contribution >= 0.6 is 0 Å². The van der Waals surface area contributed by atoms with Crippen LogP contribution in [-0.4, -0.2) is 33.4 Å². The average molecular weight is 296 g/mol. The number of ether oxygens (including phenoxy) is 1. The molecule has 0 fully saturated rings. The highest BCUT2D eigenvalue weighted by atomic mass is 19.1. The Kier molecular flexibility index (Phi) is 7.68. The molecule has 0 aromatic heterocycles. The molecule has 1 unspecified atom stereocenters. The van der Waals surface area contributed by atoms with Gasteiger partial charge in [0.05, 0.1) is 6.61 Å². The highest BCUT2D eigenvalue weighted by Gasteiger charge is 2.17. The van der Waals surface area contributed by atoms with Gasteiger partial charge in [-0.05, 0) is 31.4 Å². The predicted molar refractivity (Wildman–Crippen MR) is 87.3 cm³/mol. The molecule has 0 aliphatic rings. The largest absolute Gasteiger partial charge is 0.383 e. The van der Waals surface area contributed by atoms with Crippen molar-refractivity contribution in [1.82, 2.24) is 5.32 Å². The maximum absolute atomic E-state index is 14.1. The topological polar surface area (TPSA) is 24.5 Å². The van der Waals surface area contributed by atoms with Gasteiger partial charge in [0.1, 0.15) is 5.82 Å². The zero-order chi connectivity index (χ0) is 15.8. The van der Waals surface area contributed by atoms with E-state index < -0.39 is 0 Å².